The van der Waals surface area contributed by atoms with Gasteiger partial charge in [0.2, 0.25) is 0 Å². The van der Waals surface area contributed by atoms with E-state index in [0.29, 0.717) is 5.75 Å². The van der Waals surface area contributed by atoms with Crippen molar-refractivity contribution in [2.24, 2.45) is 5.41 Å². The maximum Gasteiger partial charge on any atom is 0.251 e. The first-order chi connectivity index (χ1) is 10.7. The highest BCUT2D eigenvalue weighted by Gasteiger charge is 2.57. The van der Waals surface area contributed by atoms with Crippen LogP contribution in [0.5, 0.6) is 5.75 Å². The number of hydrogen-bond donors (Lipinski definition) is 1. The van der Waals surface area contributed by atoms with E-state index in [-0.39, 0.29) is 22.8 Å². The number of aromatic hydroxyl groups is 1. The Morgan fingerprint density at radius 3 is 2.74 bits per heavy atom. The Morgan fingerprint density at radius 2 is 2.09 bits per heavy atom. The highest BCUT2D eigenvalue weighted by molar-refractivity contribution is 5.81. The number of rotatable bonds is 2. The predicted octanol–water partition coefficient (Wildman–Crippen LogP) is 2.87. The monoisotopic (exact) mass is 317 g/mol. The molecule has 126 valence electrons. The van der Waals surface area contributed by atoms with Crippen LogP contribution in [-0.2, 0) is 21.4 Å². The van der Waals surface area contributed by atoms with Gasteiger partial charge in [-0.25, -0.2) is 0 Å². The number of hydrogen-bond acceptors (Lipinski definition) is 3. The number of phenols is 1. The molecule has 1 aliphatic heterocycles. The molecular weight excluding hydrogens is 290 g/mol. The topological polar surface area (TPSA) is 49.8 Å². The fraction of sp³-hybridized carbons (Fsp3) is 0.632. The lowest BCUT2D eigenvalue weighted by Crippen LogP contribution is -2.65. The van der Waals surface area contributed by atoms with Gasteiger partial charge in [0.05, 0.1) is 0 Å². The zero-order chi connectivity index (χ0) is 17.0. The molecule has 23 heavy (non-hydrogen) atoms. The molecule has 1 aliphatic carbocycles. The summed E-state index contributed by atoms with van der Waals surface area (Å²) in [6.07, 6.45) is 1.30. The van der Waals surface area contributed by atoms with Crippen molar-refractivity contribution in [2.75, 3.05) is 13.7 Å². The van der Waals surface area contributed by atoms with Crippen LogP contribution in [0.4, 0.5) is 0 Å². The van der Waals surface area contributed by atoms with Crippen LogP contribution in [0.2, 0.25) is 0 Å². The van der Waals surface area contributed by atoms with Crippen molar-refractivity contribution in [1.29, 1.82) is 0 Å². The largest absolute Gasteiger partial charge is 0.508 e. The van der Waals surface area contributed by atoms with E-state index in [0.717, 1.165) is 19.4 Å². The standard InChI is InChI=1S/C19H27NO3/c1-12(23-5)17(22)20-9-8-19(4)15-7-6-14(21)10-13(15)11-16(20)18(19,2)3/h6-7,10,12,16,21H,8-9,11H2,1-5H3/t12-,16+,19-/m0/s1. The fourth-order valence-electron chi connectivity index (χ4n) is 4.52. The summed E-state index contributed by atoms with van der Waals surface area (Å²) in [7, 11) is 1.58. The number of nitrogens with zero attached hydrogens (tertiary/aromatic N) is 1. The summed E-state index contributed by atoms with van der Waals surface area (Å²) >= 11 is 0. The normalized spacial score (nSPS) is 29.8. The number of carbonyl (C=O) groups is 1. The lowest BCUT2D eigenvalue weighted by atomic mass is 9.51. The van der Waals surface area contributed by atoms with Gasteiger partial charge in [0, 0.05) is 25.1 Å². The third kappa shape index (κ3) is 2.18. The third-order valence-corrected chi connectivity index (χ3v) is 6.57. The van der Waals surface area contributed by atoms with Crippen molar-refractivity contribution >= 4 is 5.91 Å². The first-order valence-corrected chi connectivity index (χ1v) is 8.38. The van der Waals surface area contributed by atoms with E-state index in [9.17, 15) is 9.90 Å². The van der Waals surface area contributed by atoms with Crippen molar-refractivity contribution in [3.63, 3.8) is 0 Å². The van der Waals surface area contributed by atoms with Gasteiger partial charge < -0.3 is 14.7 Å². The van der Waals surface area contributed by atoms with E-state index in [1.54, 1.807) is 13.2 Å². The summed E-state index contributed by atoms with van der Waals surface area (Å²) < 4.78 is 5.25. The summed E-state index contributed by atoms with van der Waals surface area (Å²) in [6.45, 7) is 9.41. The minimum Gasteiger partial charge on any atom is -0.508 e. The van der Waals surface area contributed by atoms with Crippen LogP contribution < -0.4 is 0 Å². The van der Waals surface area contributed by atoms with Gasteiger partial charge >= 0.3 is 0 Å². The molecule has 4 heteroatoms. The number of carbonyl (C=O) groups excluding carboxylic acids is 1. The molecule has 1 aromatic rings. The van der Waals surface area contributed by atoms with Crippen LogP contribution in [0.1, 0.15) is 45.2 Å². The zero-order valence-electron chi connectivity index (χ0n) is 14.7. The maximum absolute atomic E-state index is 12.8. The molecule has 3 atom stereocenters. The molecular formula is C19H27NO3. The highest BCUT2D eigenvalue weighted by atomic mass is 16.5. The molecule has 0 spiro atoms. The Kier molecular flexibility index (Phi) is 3.71. The average Bonchev–Trinajstić information content (AvgIpc) is 2.49. The molecule has 0 unspecified atom stereocenters. The lowest BCUT2D eigenvalue weighted by molar-refractivity contribution is -0.153. The molecule has 0 aromatic heterocycles. The summed E-state index contributed by atoms with van der Waals surface area (Å²) in [4.78, 5) is 14.8. The molecule has 2 aliphatic rings. The number of methoxy groups -OCH3 is 1. The van der Waals surface area contributed by atoms with Crippen molar-refractivity contribution in [3.05, 3.63) is 29.3 Å². The Hall–Kier alpha value is -1.55. The van der Waals surface area contributed by atoms with Gasteiger partial charge in [-0.15, -0.1) is 0 Å². The second-order valence-electron chi connectivity index (χ2n) is 7.77. The molecule has 1 aromatic carbocycles. The second kappa shape index (κ2) is 5.23. The number of fused-ring (bicyclic) bond motifs is 4. The summed E-state index contributed by atoms with van der Waals surface area (Å²) in [5.74, 6) is 0.365. The smallest absolute Gasteiger partial charge is 0.251 e. The number of ether oxygens (including phenoxy) is 1. The van der Waals surface area contributed by atoms with E-state index in [1.165, 1.54) is 11.1 Å². The molecule has 3 rings (SSSR count). The van der Waals surface area contributed by atoms with Gasteiger partial charge in [-0.05, 0) is 48.4 Å². The van der Waals surface area contributed by atoms with Crippen LogP contribution in [0.15, 0.2) is 18.2 Å². The van der Waals surface area contributed by atoms with Crippen LogP contribution in [0.25, 0.3) is 0 Å². The quantitative estimate of drug-likeness (QED) is 0.912. The van der Waals surface area contributed by atoms with Crippen LogP contribution in [-0.4, -0.2) is 41.7 Å². The van der Waals surface area contributed by atoms with Gasteiger partial charge in [-0.3, -0.25) is 4.79 Å². The van der Waals surface area contributed by atoms with Gasteiger partial charge in [0.15, 0.2) is 0 Å². The maximum atomic E-state index is 12.8. The minimum absolute atomic E-state index is 0.00599. The first kappa shape index (κ1) is 16.3. The average molecular weight is 317 g/mol. The van der Waals surface area contributed by atoms with Gasteiger partial charge in [0.25, 0.3) is 5.91 Å². The van der Waals surface area contributed by atoms with Crippen molar-refractivity contribution in [3.8, 4) is 5.75 Å². The summed E-state index contributed by atoms with van der Waals surface area (Å²) in [5, 5.41) is 9.87. The molecule has 0 saturated carbocycles. The van der Waals surface area contributed by atoms with Crippen LogP contribution >= 0.6 is 0 Å². The molecule has 1 heterocycles. The van der Waals surface area contributed by atoms with Crippen molar-refractivity contribution < 1.29 is 14.6 Å². The van der Waals surface area contributed by atoms with Gasteiger partial charge in [-0.1, -0.05) is 26.8 Å². The molecule has 2 bridgehead atoms. The van der Waals surface area contributed by atoms with Gasteiger partial charge in [-0.2, -0.15) is 0 Å². The van der Waals surface area contributed by atoms with Crippen molar-refractivity contribution in [1.82, 2.24) is 4.90 Å². The van der Waals surface area contributed by atoms with E-state index < -0.39 is 6.10 Å². The lowest BCUT2D eigenvalue weighted by Gasteiger charge is -2.61. The second-order valence-corrected chi connectivity index (χ2v) is 7.77. The predicted molar refractivity (Wildman–Crippen MR) is 89.5 cm³/mol. The highest BCUT2D eigenvalue weighted by Crippen LogP contribution is 2.56. The van der Waals surface area contributed by atoms with E-state index in [4.69, 9.17) is 4.74 Å². The van der Waals surface area contributed by atoms with E-state index in [2.05, 4.69) is 26.8 Å². The molecule has 1 fully saturated rings. The minimum atomic E-state index is -0.416. The number of piperidine rings is 1. The van der Waals surface area contributed by atoms with Crippen LogP contribution in [0, 0.1) is 5.41 Å². The Bertz CT molecular complexity index is 640. The molecule has 1 saturated heterocycles. The SMILES string of the molecule is CO[C@@H](C)C(=O)N1CC[C@@]2(C)c3ccc(O)cc3C[C@@H]1C2(C)C. The zero-order valence-corrected chi connectivity index (χ0v) is 14.7. The number of phenolic OH excluding ortho intramolecular Hbond substituents is 1. The molecule has 4 nitrogen and oxygen atoms in total. The summed E-state index contributed by atoms with van der Waals surface area (Å²) in [5.41, 5.74) is 2.47. The van der Waals surface area contributed by atoms with E-state index in [1.807, 2.05) is 17.9 Å². The van der Waals surface area contributed by atoms with Crippen LogP contribution in [0.3, 0.4) is 0 Å². The Labute approximate surface area is 138 Å². The Balaban J connectivity index is 2.07. The fourth-order valence-corrected chi connectivity index (χ4v) is 4.52. The first-order valence-electron chi connectivity index (χ1n) is 8.38. The number of likely N-dealkylation sites (tertiary alicyclic amines) is 1. The van der Waals surface area contributed by atoms with Crippen molar-refractivity contribution in [2.45, 2.75) is 58.1 Å². The molecule has 0 radical (unpaired) electrons. The molecule has 1 amide bonds. The number of benzene rings is 1. The van der Waals surface area contributed by atoms with E-state index >= 15 is 0 Å². The summed E-state index contributed by atoms with van der Waals surface area (Å²) in [6, 6.07) is 5.84. The number of amides is 1. The Morgan fingerprint density at radius 1 is 1.39 bits per heavy atom. The van der Waals surface area contributed by atoms with Gasteiger partial charge in [0.1, 0.15) is 11.9 Å². The third-order valence-electron chi connectivity index (χ3n) is 6.57. The molecule has 1 N–H and O–H groups in total.